The van der Waals surface area contributed by atoms with Crippen molar-refractivity contribution >= 4 is 0 Å². The van der Waals surface area contributed by atoms with Gasteiger partial charge in [0.25, 0.3) is 0 Å². The number of nitrogens with two attached hydrogens (primary N) is 1. The topological polar surface area (TPSA) is 74.2 Å². The van der Waals surface area contributed by atoms with Crippen molar-refractivity contribution in [3.05, 3.63) is 5.82 Å². The molecule has 1 aromatic heterocycles. The van der Waals surface area contributed by atoms with Crippen molar-refractivity contribution in [2.75, 3.05) is 7.11 Å². The van der Waals surface area contributed by atoms with Crippen molar-refractivity contribution in [1.82, 2.24) is 10.1 Å². The van der Waals surface area contributed by atoms with E-state index < -0.39 is 0 Å². The molecule has 0 saturated carbocycles. The van der Waals surface area contributed by atoms with Gasteiger partial charge in [0.15, 0.2) is 5.82 Å². The van der Waals surface area contributed by atoms with Crippen LogP contribution in [0.1, 0.15) is 25.2 Å². The summed E-state index contributed by atoms with van der Waals surface area (Å²) in [5.74, 6) is 0.490. The lowest BCUT2D eigenvalue weighted by atomic mass is 10.2. The SMILES string of the molecule is CCC(N)c1noc(OC)n1. The van der Waals surface area contributed by atoms with Gasteiger partial charge in [0, 0.05) is 0 Å². The molecule has 0 bridgehead atoms. The number of methoxy groups -OCH3 is 1. The lowest BCUT2D eigenvalue weighted by molar-refractivity contribution is 0.249. The van der Waals surface area contributed by atoms with E-state index in [1.807, 2.05) is 6.92 Å². The summed E-state index contributed by atoms with van der Waals surface area (Å²) >= 11 is 0. The highest BCUT2D eigenvalue weighted by molar-refractivity contribution is 4.94. The van der Waals surface area contributed by atoms with E-state index in [4.69, 9.17) is 10.5 Å². The molecule has 0 aromatic carbocycles. The van der Waals surface area contributed by atoms with E-state index in [1.54, 1.807) is 0 Å². The quantitative estimate of drug-likeness (QED) is 0.691. The summed E-state index contributed by atoms with van der Waals surface area (Å²) in [6.07, 6.45) is 0.937. The largest absolute Gasteiger partial charge is 0.452 e. The Morgan fingerprint density at radius 1 is 1.73 bits per heavy atom. The van der Waals surface area contributed by atoms with Gasteiger partial charge in [-0.1, -0.05) is 12.1 Å². The van der Waals surface area contributed by atoms with Crippen LogP contribution in [0.3, 0.4) is 0 Å². The maximum Gasteiger partial charge on any atom is 0.417 e. The molecule has 5 heteroatoms. The normalized spacial score (nSPS) is 13.0. The van der Waals surface area contributed by atoms with Crippen LogP contribution in [-0.4, -0.2) is 17.3 Å². The van der Waals surface area contributed by atoms with Crippen LogP contribution in [0.5, 0.6) is 6.08 Å². The van der Waals surface area contributed by atoms with Gasteiger partial charge in [0.2, 0.25) is 0 Å². The molecule has 0 amide bonds. The molecule has 1 atom stereocenters. The Hall–Kier alpha value is -1.10. The fourth-order valence-corrected chi connectivity index (χ4v) is 0.636. The molecule has 1 heterocycles. The van der Waals surface area contributed by atoms with Gasteiger partial charge in [0.05, 0.1) is 13.2 Å². The van der Waals surface area contributed by atoms with Crippen molar-refractivity contribution in [1.29, 1.82) is 0 Å². The van der Waals surface area contributed by atoms with E-state index in [1.165, 1.54) is 7.11 Å². The van der Waals surface area contributed by atoms with E-state index in [0.717, 1.165) is 6.42 Å². The molecule has 5 nitrogen and oxygen atoms in total. The number of ether oxygens (including phenoxy) is 1. The van der Waals surface area contributed by atoms with Gasteiger partial charge in [-0.15, -0.1) is 0 Å². The Bertz CT molecular complexity index is 223. The smallest absolute Gasteiger partial charge is 0.417 e. The molecular formula is C6H11N3O2. The van der Waals surface area contributed by atoms with Crippen LogP contribution in [0.25, 0.3) is 0 Å². The van der Waals surface area contributed by atoms with E-state index in [2.05, 4.69) is 14.7 Å². The maximum atomic E-state index is 5.62. The van der Waals surface area contributed by atoms with Crippen LogP contribution < -0.4 is 10.5 Å². The molecule has 1 unspecified atom stereocenters. The van der Waals surface area contributed by atoms with Gasteiger partial charge < -0.3 is 10.5 Å². The van der Waals surface area contributed by atoms with Crippen LogP contribution in [-0.2, 0) is 0 Å². The fourth-order valence-electron chi connectivity index (χ4n) is 0.636. The number of hydrogen-bond donors (Lipinski definition) is 1. The second kappa shape index (κ2) is 3.34. The summed E-state index contributed by atoms with van der Waals surface area (Å²) in [7, 11) is 1.47. The zero-order valence-electron chi connectivity index (χ0n) is 6.57. The number of aromatic nitrogens is 2. The Morgan fingerprint density at radius 2 is 2.45 bits per heavy atom. The first-order valence-electron chi connectivity index (χ1n) is 3.41. The van der Waals surface area contributed by atoms with Crippen molar-refractivity contribution in [3.8, 4) is 6.08 Å². The minimum Gasteiger partial charge on any atom is -0.452 e. The number of nitrogens with zero attached hydrogens (tertiary/aromatic N) is 2. The van der Waals surface area contributed by atoms with Crippen LogP contribution >= 0.6 is 0 Å². The van der Waals surface area contributed by atoms with Crippen molar-refractivity contribution < 1.29 is 9.26 Å². The van der Waals surface area contributed by atoms with Crippen molar-refractivity contribution in [2.24, 2.45) is 5.73 Å². The van der Waals surface area contributed by atoms with E-state index in [0.29, 0.717) is 5.82 Å². The monoisotopic (exact) mass is 157 g/mol. The molecule has 0 aliphatic rings. The highest BCUT2D eigenvalue weighted by atomic mass is 16.6. The second-order valence-electron chi connectivity index (χ2n) is 2.14. The molecule has 2 N–H and O–H groups in total. The molecule has 0 spiro atoms. The average molecular weight is 157 g/mol. The van der Waals surface area contributed by atoms with E-state index in [-0.39, 0.29) is 12.1 Å². The third-order valence-electron chi connectivity index (χ3n) is 1.37. The minimum absolute atomic E-state index is 0.156. The zero-order valence-corrected chi connectivity index (χ0v) is 6.57. The molecule has 0 saturated heterocycles. The fraction of sp³-hybridized carbons (Fsp3) is 0.667. The van der Waals surface area contributed by atoms with Gasteiger partial charge in [-0.2, -0.15) is 4.98 Å². The molecular weight excluding hydrogens is 146 g/mol. The predicted octanol–water partition coefficient (Wildman–Crippen LogP) is 0.488. The highest BCUT2D eigenvalue weighted by Crippen LogP contribution is 2.12. The Morgan fingerprint density at radius 3 is 2.91 bits per heavy atom. The lowest BCUT2D eigenvalue weighted by Crippen LogP contribution is -2.10. The molecule has 0 aliphatic heterocycles. The summed E-state index contributed by atoms with van der Waals surface area (Å²) in [5, 5.41) is 3.62. The first-order chi connectivity index (χ1) is 5.27. The summed E-state index contributed by atoms with van der Waals surface area (Å²) in [4.78, 5) is 3.87. The van der Waals surface area contributed by atoms with Gasteiger partial charge in [-0.05, 0) is 6.42 Å². The number of hydrogen-bond acceptors (Lipinski definition) is 5. The summed E-state index contributed by atoms with van der Waals surface area (Å²) < 4.78 is 9.37. The lowest BCUT2D eigenvalue weighted by Gasteiger charge is -1.98. The minimum atomic E-state index is -0.164. The van der Waals surface area contributed by atoms with Crippen LogP contribution in [0.15, 0.2) is 4.52 Å². The van der Waals surface area contributed by atoms with E-state index in [9.17, 15) is 0 Å². The van der Waals surface area contributed by atoms with Crippen LogP contribution in [0.2, 0.25) is 0 Å². The van der Waals surface area contributed by atoms with Crippen LogP contribution in [0, 0.1) is 0 Å². The van der Waals surface area contributed by atoms with Gasteiger partial charge in [-0.25, -0.2) is 0 Å². The van der Waals surface area contributed by atoms with Crippen molar-refractivity contribution in [2.45, 2.75) is 19.4 Å². The van der Waals surface area contributed by atoms with E-state index >= 15 is 0 Å². The summed E-state index contributed by atoms with van der Waals surface area (Å²) in [5.41, 5.74) is 5.62. The van der Waals surface area contributed by atoms with Crippen LogP contribution in [0.4, 0.5) is 0 Å². The van der Waals surface area contributed by atoms with Gasteiger partial charge in [-0.3, -0.25) is 4.52 Å². The molecule has 0 radical (unpaired) electrons. The summed E-state index contributed by atoms with van der Waals surface area (Å²) in [6, 6.07) is -0.164. The molecule has 62 valence electrons. The third-order valence-corrected chi connectivity index (χ3v) is 1.37. The Balaban J connectivity index is 2.71. The molecule has 1 aromatic rings. The first-order valence-corrected chi connectivity index (χ1v) is 3.41. The Kier molecular flexibility index (Phi) is 2.43. The van der Waals surface area contributed by atoms with Gasteiger partial charge in [0.1, 0.15) is 0 Å². The molecule has 0 fully saturated rings. The predicted molar refractivity (Wildman–Crippen MR) is 38.1 cm³/mol. The molecule has 11 heavy (non-hydrogen) atoms. The Labute approximate surface area is 64.5 Å². The van der Waals surface area contributed by atoms with Crippen molar-refractivity contribution in [3.63, 3.8) is 0 Å². The maximum absolute atomic E-state index is 5.62. The third kappa shape index (κ3) is 1.68. The summed E-state index contributed by atoms with van der Waals surface area (Å²) in [6.45, 7) is 1.95. The standard InChI is InChI=1S/C6H11N3O2/c1-3-4(7)5-8-6(10-2)11-9-5/h4H,3,7H2,1-2H3. The zero-order chi connectivity index (χ0) is 8.27. The average Bonchev–Trinajstić information content (AvgIpc) is 2.50. The second-order valence-corrected chi connectivity index (χ2v) is 2.14. The first kappa shape index (κ1) is 8.00. The molecule has 1 rings (SSSR count). The highest BCUT2D eigenvalue weighted by Gasteiger charge is 2.11. The number of rotatable bonds is 3. The van der Waals surface area contributed by atoms with Gasteiger partial charge >= 0.3 is 6.08 Å². The molecule has 0 aliphatic carbocycles.